The molecular weight excluding hydrogens is 371 g/mol. The maximum absolute atomic E-state index is 12.4. The molecule has 0 saturated heterocycles. The van der Waals surface area contributed by atoms with Gasteiger partial charge in [0.1, 0.15) is 5.03 Å². The summed E-state index contributed by atoms with van der Waals surface area (Å²) in [4.78, 5) is 15.2. The van der Waals surface area contributed by atoms with Crippen molar-refractivity contribution in [2.75, 3.05) is 0 Å². The van der Waals surface area contributed by atoms with Crippen molar-refractivity contribution < 1.29 is 23.1 Å². The first-order valence-corrected chi connectivity index (χ1v) is 7.12. The Hall–Kier alpha value is -1.54. The van der Waals surface area contributed by atoms with E-state index in [1.165, 1.54) is 18.2 Å². The molecule has 0 aliphatic carbocycles. The molecular formula is C13H7BrF3NO2S. The standard InChI is InChI=1S/C13H7BrF3NO2S/c14-9-5-7(12(19)20)1-3-10(9)21-11-4-2-8(6-18-11)13(15,16)17/h1-6H,(H,19,20). The molecule has 0 amide bonds. The van der Waals surface area contributed by atoms with Gasteiger partial charge < -0.3 is 5.11 Å². The van der Waals surface area contributed by atoms with E-state index in [1.807, 2.05) is 0 Å². The SMILES string of the molecule is O=C(O)c1ccc(Sc2ccc(C(F)(F)F)cn2)c(Br)c1. The van der Waals surface area contributed by atoms with Gasteiger partial charge in [0.15, 0.2) is 0 Å². The van der Waals surface area contributed by atoms with Gasteiger partial charge in [0.2, 0.25) is 0 Å². The van der Waals surface area contributed by atoms with Crippen LogP contribution < -0.4 is 0 Å². The van der Waals surface area contributed by atoms with E-state index < -0.39 is 17.7 Å². The number of carboxylic acid groups (broad SMARTS) is 1. The fourth-order valence-corrected chi connectivity index (χ4v) is 2.82. The van der Waals surface area contributed by atoms with Gasteiger partial charge in [-0.1, -0.05) is 11.8 Å². The molecule has 0 fully saturated rings. The highest BCUT2D eigenvalue weighted by molar-refractivity contribution is 9.10. The zero-order chi connectivity index (χ0) is 15.6. The number of aromatic nitrogens is 1. The Labute approximate surface area is 130 Å². The van der Waals surface area contributed by atoms with E-state index in [2.05, 4.69) is 20.9 Å². The summed E-state index contributed by atoms with van der Waals surface area (Å²) in [5.74, 6) is -1.06. The number of hydrogen-bond acceptors (Lipinski definition) is 3. The Bertz CT molecular complexity index is 674. The Morgan fingerprint density at radius 1 is 1.24 bits per heavy atom. The van der Waals surface area contributed by atoms with Gasteiger partial charge in [-0.15, -0.1) is 0 Å². The maximum atomic E-state index is 12.4. The van der Waals surface area contributed by atoms with Crippen LogP contribution in [0.3, 0.4) is 0 Å². The number of aromatic carboxylic acids is 1. The maximum Gasteiger partial charge on any atom is 0.417 e. The quantitative estimate of drug-likeness (QED) is 0.841. The van der Waals surface area contributed by atoms with Crippen LogP contribution >= 0.6 is 27.7 Å². The molecule has 8 heteroatoms. The molecule has 0 radical (unpaired) electrons. The van der Waals surface area contributed by atoms with Crippen LogP contribution in [0.5, 0.6) is 0 Å². The summed E-state index contributed by atoms with van der Waals surface area (Å²) in [6.07, 6.45) is -3.65. The predicted molar refractivity (Wildman–Crippen MR) is 74.5 cm³/mol. The minimum absolute atomic E-state index is 0.117. The molecule has 0 bridgehead atoms. The highest BCUT2D eigenvalue weighted by Crippen LogP contribution is 2.34. The summed E-state index contributed by atoms with van der Waals surface area (Å²) in [5, 5.41) is 9.23. The van der Waals surface area contributed by atoms with E-state index in [0.717, 1.165) is 24.0 Å². The number of pyridine rings is 1. The van der Waals surface area contributed by atoms with Crippen molar-refractivity contribution >= 4 is 33.7 Å². The van der Waals surface area contributed by atoms with E-state index in [4.69, 9.17) is 5.11 Å². The first-order valence-electron chi connectivity index (χ1n) is 5.51. The van der Waals surface area contributed by atoms with Crippen LogP contribution in [0.1, 0.15) is 15.9 Å². The molecule has 2 rings (SSSR count). The third kappa shape index (κ3) is 3.98. The largest absolute Gasteiger partial charge is 0.478 e. The lowest BCUT2D eigenvalue weighted by Gasteiger charge is -2.08. The summed E-state index contributed by atoms with van der Waals surface area (Å²) in [7, 11) is 0. The van der Waals surface area contributed by atoms with E-state index in [9.17, 15) is 18.0 Å². The molecule has 1 aromatic carbocycles. The summed E-state index contributed by atoms with van der Waals surface area (Å²) < 4.78 is 37.8. The number of hydrogen-bond donors (Lipinski definition) is 1. The van der Waals surface area contributed by atoms with Crippen LogP contribution in [0.2, 0.25) is 0 Å². The lowest BCUT2D eigenvalue weighted by Crippen LogP contribution is -2.05. The summed E-state index contributed by atoms with van der Waals surface area (Å²) in [6, 6.07) is 6.63. The zero-order valence-corrected chi connectivity index (χ0v) is 12.6. The van der Waals surface area contributed by atoms with Gasteiger partial charge in [-0.25, -0.2) is 9.78 Å². The molecule has 0 saturated carbocycles. The Morgan fingerprint density at radius 2 is 1.95 bits per heavy atom. The molecule has 0 aliphatic heterocycles. The zero-order valence-electron chi connectivity index (χ0n) is 10.2. The van der Waals surface area contributed by atoms with Crippen LogP contribution in [0, 0.1) is 0 Å². The van der Waals surface area contributed by atoms with Crippen LogP contribution in [-0.2, 0) is 6.18 Å². The lowest BCUT2D eigenvalue weighted by atomic mass is 10.2. The van der Waals surface area contributed by atoms with Crippen molar-refractivity contribution in [3.8, 4) is 0 Å². The van der Waals surface area contributed by atoms with Gasteiger partial charge in [-0.2, -0.15) is 13.2 Å². The highest BCUT2D eigenvalue weighted by atomic mass is 79.9. The number of nitrogens with zero attached hydrogens (tertiary/aromatic N) is 1. The fourth-order valence-electron chi connectivity index (χ4n) is 1.44. The molecule has 3 nitrogen and oxygen atoms in total. The van der Waals surface area contributed by atoms with E-state index in [0.29, 0.717) is 14.4 Å². The molecule has 1 N–H and O–H groups in total. The van der Waals surface area contributed by atoms with E-state index in [1.54, 1.807) is 6.07 Å². The van der Waals surface area contributed by atoms with Crippen molar-refractivity contribution in [2.24, 2.45) is 0 Å². The first-order chi connectivity index (χ1) is 9.77. The highest BCUT2D eigenvalue weighted by Gasteiger charge is 2.30. The van der Waals surface area contributed by atoms with Crippen molar-refractivity contribution in [3.05, 3.63) is 52.1 Å². The number of carbonyl (C=O) groups is 1. The van der Waals surface area contributed by atoms with Crippen LogP contribution in [0.15, 0.2) is 50.9 Å². The second-order valence-electron chi connectivity index (χ2n) is 3.94. The van der Waals surface area contributed by atoms with Gasteiger partial charge in [-0.05, 0) is 46.3 Å². The number of alkyl halides is 3. The number of rotatable bonds is 3. The molecule has 21 heavy (non-hydrogen) atoms. The van der Waals surface area contributed by atoms with Crippen LogP contribution in [0.4, 0.5) is 13.2 Å². The lowest BCUT2D eigenvalue weighted by molar-refractivity contribution is -0.137. The smallest absolute Gasteiger partial charge is 0.417 e. The average Bonchev–Trinajstić information content (AvgIpc) is 2.40. The van der Waals surface area contributed by atoms with Crippen molar-refractivity contribution in [1.29, 1.82) is 0 Å². The van der Waals surface area contributed by atoms with E-state index in [-0.39, 0.29) is 5.56 Å². The Kier molecular flexibility index (Phi) is 4.58. The molecule has 1 aromatic heterocycles. The van der Waals surface area contributed by atoms with Gasteiger partial charge in [-0.3, -0.25) is 0 Å². The molecule has 0 unspecified atom stereocenters. The second-order valence-corrected chi connectivity index (χ2v) is 5.85. The number of carboxylic acids is 1. The van der Waals surface area contributed by atoms with Crippen molar-refractivity contribution in [3.63, 3.8) is 0 Å². The normalized spacial score (nSPS) is 11.4. The third-order valence-electron chi connectivity index (χ3n) is 2.46. The fraction of sp³-hybridized carbons (Fsp3) is 0.0769. The van der Waals surface area contributed by atoms with Crippen molar-refractivity contribution in [1.82, 2.24) is 4.98 Å². The first kappa shape index (κ1) is 15.8. The van der Waals surface area contributed by atoms with Gasteiger partial charge in [0.05, 0.1) is 11.1 Å². The van der Waals surface area contributed by atoms with Gasteiger partial charge >= 0.3 is 12.1 Å². The molecule has 2 aromatic rings. The summed E-state index contributed by atoms with van der Waals surface area (Å²) >= 11 is 4.36. The topological polar surface area (TPSA) is 50.2 Å². The number of benzene rings is 1. The van der Waals surface area contributed by atoms with Gasteiger partial charge in [0, 0.05) is 15.6 Å². The van der Waals surface area contributed by atoms with Crippen molar-refractivity contribution in [2.45, 2.75) is 16.1 Å². The predicted octanol–water partition coefficient (Wildman–Crippen LogP) is 4.71. The minimum atomic E-state index is -4.42. The van der Waals surface area contributed by atoms with Crippen LogP contribution in [-0.4, -0.2) is 16.1 Å². The molecule has 0 spiro atoms. The monoisotopic (exact) mass is 377 g/mol. The average molecular weight is 378 g/mol. The molecule has 110 valence electrons. The second kappa shape index (κ2) is 6.07. The minimum Gasteiger partial charge on any atom is -0.478 e. The number of halogens is 4. The Morgan fingerprint density at radius 3 is 2.43 bits per heavy atom. The summed E-state index contributed by atoms with van der Waals surface area (Å²) in [6.45, 7) is 0. The Balaban J connectivity index is 2.20. The molecule has 1 heterocycles. The van der Waals surface area contributed by atoms with Crippen LogP contribution in [0.25, 0.3) is 0 Å². The molecule has 0 atom stereocenters. The van der Waals surface area contributed by atoms with E-state index >= 15 is 0 Å². The molecule has 0 aliphatic rings. The summed E-state index contributed by atoms with van der Waals surface area (Å²) in [5.41, 5.74) is -0.696. The third-order valence-corrected chi connectivity index (χ3v) is 4.40. The van der Waals surface area contributed by atoms with Gasteiger partial charge in [0.25, 0.3) is 0 Å².